The van der Waals surface area contributed by atoms with Crippen LogP contribution in [-0.2, 0) is 11.2 Å². The molecule has 2 N–H and O–H groups in total. The number of thioether (sulfide) groups is 1. The number of amides is 1. The van der Waals surface area contributed by atoms with Crippen molar-refractivity contribution in [2.24, 2.45) is 0 Å². The second-order valence-corrected chi connectivity index (χ2v) is 6.99. The van der Waals surface area contributed by atoms with Crippen LogP contribution in [-0.4, -0.2) is 33.2 Å². The van der Waals surface area contributed by atoms with Gasteiger partial charge >= 0.3 is 0 Å². The number of aromatic amines is 1. The third-order valence-electron chi connectivity index (χ3n) is 4.34. The number of carbonyl (C=O) groups is 1. The fourth-order valence-electron chi connectivity index (χ4n) is 2.66. The number of carbonyl (C=O) groups excluding carboxylic acids is 1. The SMILES string of the molecule is Cc1nc(SCC(=O)NCCc2c[nH]c3ccccc23)nc(C)c1C. The van der Waals surface area contributed by atoms with Crippen LogP contribution in [0.2, 0.25) is 0 Å². The van der Waals surface area contributed by atoms with Crippen molar-refractivity contribution in [1.29, 1.82) is 0 Å². The van der Waals surface area contributed by atoms with E-state index in [9.17, 15) is 4.79 Å². The predicted octanol–water partition coefficient (Wildman–Crippen LogP) is 3.33. The van der Waals surface area contributed by atoms with Gasteiger partial charge < -0.3 is 10.3 Å². The Labute approximate surface area is 151 Å². The Morgan fingerprint density at radius 3 is 2.64 bits per heavy atom. The van der Waals surface area contributed by atoms with Gasteiger partial charge in [-0.1, -0.05) is 30.0 Å². The first-order valence-corrected chi connectivity index (χ1v) is 9.29. The van der Waals surface area contributed by atoms with E-state index < -0.39 is 0 Å². The zero-order chi connectivity index (χ0) is 17.8. The molecule has 0 aliphatic heterocycles. The van der Waals surface area contributed by atoms with E-state index in [4.69, 9.17) is 0 Å². The first-order chi connectivity index (χ1) is 12.0. The van der Waals surface area contributed by atoms with Crippen LogP contribution in [0, 0.1) is 20.8 Å². The highest BCUT2D eigenvalue weighted by Crippen LogP contribution is 2.18. The molecular formula is C19H22N4OS. The van der Waals surface area contributed by atoms with Gasteiger partial charge in [0.05, 0.1) is 5.75 Å². The van der Waals surface area contributed by atoms with Crippen LogP contribution in [0.25, 0.3) is 10.9 Å². The van der Waals surface area contributed by atoms with Crippen LogP contribution >= 0.6 is 11.8 Å². The van der Waals surface area contributed by atoms with Crippen LogP contribution in [0.4, 0.5) is 0 Å². The molecule has 0 spiro atoms. The molecule has 0 aliphatic rings. The lowest BCUT2D eigenvalue weighted by molar-refractivity contribution is -0.118. The second kappa shape index (κ2) is 7.70. The fraction of sp³-hybridized carbons (Fsp3) is 0.316. The number of rotatable bonds is 6. The standard InChI is InChI=1S/C19H22N4OS/c1-12-13(2)22-19(23-14(12)3)25-11-18(24)20-9-8-15-10-21-17-7-5-4-6-16(15)17/h4-7,10,21H,8-9,11H2,1-3H3,(H,20,24). The molecule has 25 heavy (non-hydrogen) atoms. The van der Waals surface area contributed by atoms with E-state index in [-0.39, 0.29) is 5.91 Å². The third-order valence-corrected chi connectivity index (χ3v) is 5.18. The summed E-state index contributed by atoms with van der Waals surface area (Å²) in [6.07, 6.45) is 2.82. The normalized spacial score (nSPS) is 11.0. The van der Waals surface area contributed by atoms with Gasteiger partial charge in [0.15, 0.2) is 5.16 Å². The van der Waals surface area contributed by atoms with E-state index in [1.807, 2.05) is 39.1 Å². The Kier molecular flexibility index (Phi) is 5.38. The molecular weight excluding hydrogens is 332 g/mol. The van der Waals surface area contributed by atoms with Crippen LogP contribution in [0.5, 0.6) is 0 Å². The quantitative estimate of drug-likeness (QED) is 0.526. The Morgan fingerprint density at radius 1 is 1.16 bits per heavy atom. The first kappa shape index (κ1) is 17.5. The number of hydrogen-bond donors (Lipinski definition) is 2. The molecule has 0 atom stereocenters. The molecule has 5 nitrogen and oxygen atoms in total. The van der Waals surface area contributed by atoms with Crippen LogP contribution in [0.15, 0.2) is 35.6 Å². The summed E-state index contributed by atoms with van der Waals surface area (Å²) in [4.78, 5) is 24.2. The number of aryl methyl sites for hydroxylation is 2. The Hall–Kier alpha value is -2.34. The largest absolute Gasteiger partial charge is 0.361 e. The van der Waals surface area contributed by atoms with Crippen molar-refractivity contribution in [3.63, 3.8) is 0 Å². The molecule has 130 valence electrons. The summed E-state index contributed by atoms with van der Waals surface area (Å²) >= 11 is 1.38. The molecule has 3 aromatic rings. The maximum Gasteiger partial charge on any atom is 0.230 e. The highest BCUT2D eigenvalue weighted by atomic mass is 32.2. The summed E-state index contributed by atoms with van der Waals surface area (Å²) in [5, 5.41) is 4.84. The summed E-state index contributed by atoms with van der Waals surface area (Å²) in [7, 11) is 0. The highest BCUT2D eigenvalue weighted by molar-refractivity contribution is 7.99. The number of hydrogen-bond acceptors (Lipinski definition) is 4. The van der Waals surface area contributed by atoms with E-state index in [0.29, 0.717) is 17.5 Å². The van der Waals surface area contributed by atoms with Gasteiger partial charge in [-0.25, -0.2) is 9.97 Å². The molecule has 0 fully saturated rings. The Morgan fingerprint density at radius 2 is 1.88 bits per heavy atom. The Bertz CT molecular complexity index is 880. The zero-order valence-electron chi connectivity index (χ0n) is 14.7. The summed E-state index contributed by atoms with van der Waals surface area (Å²) in [5.74, 6) is 0.333. The number of nitrogens with one attached hydrogen (secondary N) is 2. The van der Waals surface area contributed by atoms with Crippen LogP contribution in [0.3, 0.4) is 0 Å². The van der Waals surface area contributed by atoms with Crippen LogP contribution < -0.4 is 5.32 Å². The van der Waals surface area contributed by atoms with Gasteiger partial charge in [0, 0.05) is 35.0 Å². The molecule has 0 saturated heterocycles. The third kappa shape index (κ3) is 4.20. The fourth-order valence-corrected chi connectivity index (χ4v) is 3.43. The molecule has 6 heteroatoms. The molecule has 0 unspecified atom stereocenters. The highest BCUT2D eigenvalue weighted by Gasteiger charge is 2.09. The lowest BCUT2D eigenvalue weighted by Gasteiger charge is -2.07. The van der Waals surface area contributed by atoms with E-state index in [0.717, 1.165) is 28.9 Å². The van der Waals surface area contributed by atoms with Crippen molar-refractivity contribution in [2.45, 2.75) is 32.3 Å². The number of aromatic nitrogens is 3. The number of fused-ring (bicyclic) bond motifs is 1. The van der Waals surface area contributed by atoms with Gasteiger partial charge in [0.2, 0.25) is 5.91 Å². The predicted molar refractivity (Wildman–Crippen MR) is 102 cm³/mol. The van der Waals surface area contributed by atoms with Crippen LogP contribution in [0.1, 0.15) is 22.5 Å². The molecule has 0 aliphatic carbocycles. The van der Waals surface area contributed by atoms with Gasteiger partial charge in [-0.15, -0.1) is 0 Å². The lowest BCUT2D eigenvalue weighted by atomic mass is 10.1. The van der Waals surface area contributed by atoms with E-state index in [2.05, 4.69) is 32.4 Å². The average molecular weight is 354 g/mol. The Balaban J connectivity index is 1.48. The van der Waals surface area contributed by atoms with Crippen molar-refractivity contribution >= 4 is 28.6 Å². The average Bonchev–Trinajstić information content (AvgIpc) is 3.01. The monoisotopic (exact) mass is 354 g/mol. The van der Waals surface area contributed by atoms with Gasteiger partial charge in [0.1, 0.15) is 0 Å². The second-order valence-electron chi connectivity index (χ2n) is 6.05. The minimum Gasteiger partial charge on any atom is -0.361 e. The van der Waals surface area contributed by atoms with E-state index in [1.165, 1.54) is 22.7 Å². The molecule has 1 aromatic carbocycles. The summed E-state index contributed by atoms with van der Waals surface area (Å²) in [6.45, 7) is 6.56. The maximum atomic E-state index is 12.0. The summed E-state index contributed by atoms with van der Waals surface area (Å²) in [6, 6.07) is 8.19. The molecule has 1 amide bonds. The first-order valence-electron chi connectivity index (χ1n) is 8.31. The van der Waals surface area contributed by atoms with Gasteiger partial charge in [-0.2, -0.15) is 0 Å². The molecule has 2 heterocycles. The molecule has 0 saturated carbocycles. The van der Waals surface area contributed by atoms with E-state index in [1.54, 1.807) is 0 Å². The van der Waals surface area contributed by atoms with Gasteiger partial charge in [-0.3, -0.25) is 4.79 Å². The molecule has 0 bridgehead atoms. The van der Waals surface area contributed by atoms with Crippen molar-refractivity contribution in [3.8, 4) is 0 Å². The molecule has 3 rings (SSSR count). The van der Waals surface area contributed by atoms with Crippen molar-refractivity contribution < 1.29 is 4.79 Å². The minimum atomic E-state index is 0.00400. The number of benzene rings is 1. The van der Waals surface area contributed by atoms with Crippen molar-refractivity contribution in [1.82, 2.24) is 20.3 Å². The van der Waals surface area contributed by atoms with Gasteiger partial charge in [-0.05, 0) is 44.4 Å². The topological polar surface area (TPSA) is 70.7 Å². The zero-order valence-corrected chi connectivity index (χ0v) is 15.5. The van der Waals surface area contributed by atoms with Crippen molar-refractivity contribution in [2.75, 3.05) is 12.3 Å². The van der Waals surface area contributed by atoms with Gasteiger partial charge in [0.25, 0.3) is 0 Å². The maximum absolute atomic E-state index is 12.0. The summed E-state index contributed by atoms with van der Waals surface area (Å²) < 4.78 is 0. The molecule has 0 radical (unpaired) electrons. The molecule has 2 aromatic heterocycles. The number of nitrogens with zero attached hydrogens (tertiary/aromatic N) is 2. The number of para-hydroxylation sites is 1. The van der Waals surface area contributed by atoms with Crippen molar-refractivity contribution in [3.05, 3.63) is 53.0 Å². The smallest absolute Gasteiger partial charge is 0.230 e. The lowest BCUT2D eigenvalue weighted by Crippen LogP contribution is -2.27. The minimum absolute atomic E-state index is 0.00400. The number of H-pyrrole nitrogens is 1. The van der Waals surface area contributed by atoms with E-state index >= 15 is 0 Å². The summed E-state index contributed by atoms with van der Waals surface area (Å²) in [5.41, 5.74) is 5.38.